The topological polar surface area (TPSA) is 12.0 Å². The van der Waals surface area contributed by atoms with Crippen molar-refractivity contribution in [3.8, 4) is 0 Å². The summed E-state index contributed by atoms with van der Waals surface area (Å²) in [5, 5.41) is 4.36. The Kier molecular flexibility index (Phi) is 5.22. The van der Waals surface area contributed by atoms with Crippen LogP contribution in [0, 0.1) is 6.92 Å². The van der Waals surface area contributed by atoms with E-state index in [0.717, 1.165) is 23.6 Å². The van der Waals surface area contributed by atoms with Crippen LogP contribution >= 0.6 is 11.6 Å². The molecule has 0 saturated heterocycles. The molecule has 0 heterocycles. The molecular formula is C18H22ClN. The zero-order valence-corrected chi connectivity index (χ0v) is 13.2. The molecule has 2 aromatic carbocycles. The summed E-state index contributed by atoms with van der Waals surface area (Å²) in [4.78, 5) is 0. The van der Waals surface area contributed by atoms with Crippen molar-refractivity contribution in [3.63, 3.8) is 0 Å². The van der Waals surface area contributed by atoms with Crippen LogP contribution in [0.1, 0.15) is 42.1 Å². The highest BCUT2D eigenvalue weighted by atomic mass is 35.5. The molecule has 0 amide bonds. The molecule has 1 unspecified atom stereocenters. The van der Waals surface area contributed by atoms with E-state index in [-0.39, 0.29) is 6.04 Å². The molecular weight excluding hydrogens is 266 g/mol. The number of hydrogen-bond donors (Lipinski definition) is 1. The Labute approximate surface area is 127 Å². The van der Waals surface area contributed by atoms with Crippen molar-refractivity contribution in [1.82, 2.24) is 5.32 Å². The van der Waals surface area contributed by atoms with E-state index in [2.05, 4.69) is 62.5 Å². The first kappa shape index (κ1) is 15.1. The molecule has 0 saturated carbocycles. The summed E-state index contributed by atoms with van der Waals surface area (Å²) in [6, 6.07) is 15.2. The first-order chi connectivity index (χ1) is 9.65. The molecule has 0 bridgehead atoms. The molecule has 1 atom stereocenters. The summed E-state index contributed by atoms with van der Waals surface area (Å²) in [7, 11) is 0. The summed E-state index contributed by atoms with van der Waals surface area (Å²) in [6.45, 7) is 7.27. The third-order valence-electron chi connectivity index (χ3n) is 3.60. The number of benzene rings is 2. The maximum absolute atomic E-state index is 6.43. The first-order valence-corrected chi connectivity index (χ1v) is 7.61. The molecule has 0 spiro atoms. The minimum absolute atomic E-state index is 0.152. The second-order valence-corrected chi connectivity index (χ2v) is 5.52. The Morgan fingerprint density at radius 3 is 2.30 bits per heavy atom. The number of nitrogens with one attached hydrogen (secondary N) is 1. The third-order valence-corrected chi connectivity index (χ3v) is 3.92. The SMILES string of the molecule is CCNC(c1ccc(CC)cc1)c1ccc(C)cc1Cl. The van der Waals surface area contributed by atoms with Gasteiger partial charge in [0.25, 0.3) is 0 Å². The van der Waals surface area contributed by atoms with Gasteiger partial charge in [-0.15, -0.1) is 0 Å². The smallest absolute Gasteiger partial charge is 0.0591 e. The zero-order chi connectivity index (χ0) is 14.5. The van der Waals surface area contributed by atoms with E-state index in [1.165, 1.54) is 16.7 Å². The maximum atomic E-state index is 6.43. The molecule has 0 aliphatic rings. The Balaban J connectivity index is 2.38. The fourth-order valence-electron chi connectivity index (χ4n) is 2.42. The summed E-state index contributed by atoms with van der Waals surface area (Å²) in [5.74, 6) is 0. The molecule has 20 heavy (non-hydrogen) atoms. The highest BCUT2D eigenvalue weighted by Gasteiger charge is 2.15. The Hall–Kier alpha value is -1.31. The summed E-state index contributed by atoms with van der Waals surface area (Å²) in [6.07, 6.45) is 1.07. The number of halogens is 1. The summed E-state index contributed by atoms with van der Waals surface area (Å²) >= 11 is 6.43. The normalized spacial score (nSPS) is 12.4. The molecule has 1 nitrogen and oxygen atoms in total. The second-order valence-electron chi connectivity index (χ2n) is 5.11. The molecule has 0 radical (unpaired) electrons. The molecule has 0 aromatic heterocycles. The lowest BCUT2D eigenvalue weighted by Crippen LogP contribution is -2.22. The predicted molar refractivity (Wildman–Crippen MR) is 87.5 cm³/mol. The van der Waals surface area contributed by atoms with Gasteiger partial charge < -0.3 is 5.32 Å². The minimum atomic E-state index is 0.152. The van der Waals surface area contributed by atoms with Crippen LogP contribution in [0.3, 0.4) is 0 Å². The number of hydrogen-bond acceptors (Lipinski definition) is 1. The van der Waals surface area contributed by atoms with E-state index < -0.39 is 0 Å². The van der Waals surface area contributed by atoms with Gasteiger partial charge in [0, 0.05) is 5.02 Å². The van der Waals surface area contributed by atoms with E-state index in [0.29, 0.717) is 0 Å². The lowest BCUT2D eigenvalue weighted by atomic mass is 9.96. The molecule has 2 heteroatoms. The average Bonchev–Trinajstić information content (AvgIpc) is 2.46. The second kappa shape index (κ2) is 6.92. The van der Waals surface area contributed by atoms with Crippen LogP contribution in [-0.2, 0) is 6.42 Å². The standard InChI is InChI=1S/C18H22ClN/c1-4-14-7-9-15(10-8-14)18(20-5-2)16-11-6-13(3)12-17(16)19/h6-12,18,20H,4-5H2,1-3H3. The lowest BCUT2D eigenvalue weighted by molar-refractivity contribution is 0.630. The first-order valence-electron chi connectivity index (χ1n) is 7.24. The van der Waals surface area contributed by atoms with Gasteiger partial charge in [0.1, 0.15) is 0 Å². The van der Waals surface area contributed by atoms with Gasteiger partial charge in [0.2, 0.25) is 0 Å². The third kappa shape index (κ3) is 3.41. The predicted octanol–water partition coefficient (Wildman–Crippen LogP) is 4.91. The van der Waals surface area contributed by atoms with Crippen LogP contribution in [0.2, 0.25) is 5.02 Å². The molecule has 0 fully saturated rings. The molecule has 2 rings (SSSR count). The van der Waals surface area contributed by atoms with Crippen molar-refractivity contribution in [2.75, 3.05) is 6.54 Å². The molecule has 1 N–H and O–H groups in total. The zero-order valence-electron chi connectivity index (χ0n) is 12.4. The van der Waals surface area contributed by atoms with E-state index in [4.69, 9.17) is 11.6 Å². The summed E-state index contributed by atoms with van der Waals surface area (Å²) < 4.78 is 0. The minimum Gasteiger partial charge on any atom is -0.306 e. The molecule has 2 aromatic rings. The van der Waals surface area contributed by atoms with Gasteiger partial charge in [-0.3, -0.25) is 0 Å². The fourth-order valence-corrected chi connectivity index (χ4v) is 2.77. The lowest BCUT2D eigenvalue weighted by Gasteiger charge is -2.21. The largest absolute Gasteiger partial charge is 0.306 e. The maximum Gasteiger partial charge on any atom is 0.0591 e. The van der Waals surface area contributed by atoms with Gasteiger partial charge in [-0.2, -0.15) is 0 Å². The van der Waals surface area contributed by atoms with Crippen LogP contribution < -0.4 is 5.32 Å². The number of rotatable bonds is 5. The van der Waals surface area contributed by atoms with E-state index >= 15 is 0 Å². The molecule has 0 aliphatic heterocycles. The van der Waals surface area contributed by atoms with Crippen LogP contribution in [-0.4, -0.2) is 6.54 Å². The Morgan fingerprint density at radius 1 is 1.05 bits per heavy atom. The summed E-state index contributed by atoms with van der Waals surface area (Å²) in [5.41, 5.74) is 4.95. The van der Waals surface area contributed by atoms with Gasteiger partial charge in [0.15, 0.2) is 0 Å². The van der Waals surface area contributed by atoms with Crippen LogP contribution in [0.15, 0.2) is 42.5 Å². The van der Waals surface area contributed by atoms with Gasteiger partial charge in [0.05, 0.1) is 6.04 Å². The van der Waals surface area contributed by atoms with E-state index in [9.17, 15) is 0 Å². The van der Waals surface area contributed by atoms with Gasteiger partial charge >= 0.3 is 0 Å². The van der Waals surface area contributed by atoms with E-state index in [1.54, 1.807) is 0 Å². The quantitative estimate of drug-likeness (QED) is 0.824. The van der Waals surface area contributed by atoms with Crippen molar-refractivity contribution in [2.24, 2.45) is 0 Å². The van der Waals surface area contributed by atoms with Crippen LogP contribution in [0.5, 0.6) is 0 Å². The highest BCUT2D eigenvalue weighted by Crippen LogP contribution is 2.29. The average molecular weight is 288 g/mol. The van der Waals surface area contributed by atoms with Crippen molar-refractivity contribution >= 4 is 11.6 Å². The van der Waals surface area contributed by atoms with Crippen molar-refractivity contribution in [3.05, 3.63) is 69.7 Å². The van der Waals surface area contributed by atoms with Crippen molar-refractivity contribution in [2.45, 2.75) is 33.2 Å². The van der Waals surface area contributed by atoms with Gasteiger partial charge in [-0.25, -0.2) is 0 Å². The monoisotopic (exact) mass is 287 g/mol. The molecule has 106 valence electrons. The number of aryl methyl sites for hydroxylation is 2. The Bertz CT molecular complexity index is 560. The van der Waals surface area contributed by atoms with Gasteiger partial charge in [-0.1, -0.05) is 61.8 Å². The highest BCUT2D eigenvalue weighted by molar-refractivity contribution is 6.31. The fraction of sp³-hybridized carbons (Fsp3) is 0.333. The van der Waals surface area contributed by atoms with Gasteiger partial charge in [-0.05, 0) is 48.2 Å². The van der Waals surface area contributed by atoms with Crippen molar-refractivity contribution in [1.29, 1.82) is 0 Å². The molecule has 0 aliphatic carbocycles. The van der Waals surface area contributed by atoms with Crippen molar-refractivity contribution < 1.29 is 0 Å². The van der Waals surface area contributed by atoms with Crippen LogP contribution in [0.4, 0.5) is 0 Å². The Morgan fingerprint density at radius 2 is 1.75 bits per heavy atom. The van der Waals surface area contributed by atoms with Crippen LogP contribution in [0.25, 0.3) is 0 Å². The van der Waals surface area contributed by atoms with E-state index in [1.807, 2.05) is 6.07 Å².